The quantitative estimate of drug-likeness (QED) is 0.896. The number of benzene rings is 1. The van der Waals surface area contributed by atoms with Gasteiger partial charge >= 0.3 is 0 Å². The van der Waals surface area contributed by atoms with Crippen molar-refractivity contribution in [3.8, 4) is 0 Å². The largest absolute Gasteiger partial charge is 0.343 e. The fourth-order valence-corrected chi connectivity index (χ4v) is 4.20. The Morgan fingerprint density at radius 3 is 2.43 bits per heavy atom. The minimum atomic E-state index is -3.57. The number of nitrogens with one attached hydrogen (secondary N) is 1. The predicted molar refractivity (Wildman–Crippen MR) is 90.8 cm³/mol. The van der Waals surface area contributed by atoms with Gasteiger partial charge in [0.15, 0.2) is 0 Å². The summed E-state index contributed by atoms with van der Waals surface area (Å²) in [6.07, 6.45) is 4.64. The molecular weight excluding hydrogens is 312 g/mol. The van der Waals surface area contributed by atoms with Crippen LogP contribution >= 0.6 is 0 Å². The van der Waals surface area contributed by atoms with Gasteiger partial charge in [0.2, 0.25) is 15.9 Å². The summed E-state index contributed by atoms with van der Waals surface area (Å²) in [6.45, 7) is 5.37. The van der Waals surface area contributed by atoms with Crippen molar-refractivity contribution in [1.82, 2.24) is 9.62 Å². The summed E-state index contributed by atoms with van der Waals surface area (Å²) in [7, 11) is -3.57. The smallest absolute Gasteiger partial charge is 0.240 e. The lowest BCUT2D eigenvalue weighted by atomic mass is 10.2. The molecule has 0 aliphatic carbocycles. The molecule has 1 N–H and O–H groups in total. The number of sulfonamides is 1. The van der Waals surface area contributed by atoms with Crippen LogP contribution in [0.1, 0.15) is 43.2 Å². The summed E-state index contributed by atoms with van der Waals surface area (Å²) in [5.74, 6) is 0.0376. The van der Waals surface area contributed by atoms with Crippen LogP contribution in [0.2, 0.25) is 0 Å². The molecule has 1 aliphatic heterocycles. The fraction of sp³-hybridized carbons (Fsp3) is 0.588. The SMILES string of the molecule is Cc1ccc(C)c(S(=O)(=O)NCCC(=O)N2CCCCCC2)c1. The molecule has 0 spiro atoms. The Balaban J connectivity index is 1.91. The van der Waals surface area contributed by atoms with E-state index < -0.39 is 10.0 Å². The molecule has 0 saturated carbocycles. The minimum absolute atomic E-state index is 0.0376. The summed E-state index contributed by atoms with van der Waals surface area (Å²) >= 11 is 0. The van der Waals surface area contributed by atoms with E-state index in [4.69, 9.17) is 0 Å². The van der Waals surface area contributed by atoms with Gasteiger partial charge in [0, 0.05) is 26.1 Å². The predicted octanol–water partition coefficient (Wildman–Crippen LogP) is 2.37. The molecule has 23 heavy (non-hydrogen) atoms. The second-order valence-corrected chi connectivity index (χ2v) is 7.95. The van der Waals surface area contributed by atoms with E-state index in [-0.39, 0.29) is 18.9 Å². The van der Waals surface area contributed by atoms with E-state index >= 15 is 0 Å². The molecule has 5 nitrogen and oxygen atoms in total. The molecule has 0 atom stereocenters. The van der Waals surface area contributed by atoms with E-state index in [1.807, 2.05) is 17.9 Å². The lowest BCUT2D eigenvalue weighted by Gasteiger charge is -2.20. The lowest BCUT2D eigenvalue weighted by molar-refractivity contribution is -0.130. The summed E-state index contributed by atoms with van der Waals surface area (Å²) in [5.41, 5.74) is 1.61. The highest BCUT2D eigenvalue weighted by molar-refractivity contribution is 7.89. The molecule has 1 aliphatic rings. The summed E-state index contributed by atoms with van der Waals surface area (Å²) in [6, 6.07) is 5.35. The summed E-state index contributed by atoms with van der Waals surface area (Å²) in [5, 5.41) is 0. The first-order valence-corrected chi connectivity index (χ1v) is 9.73. The van der Waals surface area contributed by atoms with E-state index in [2.05, 4.69) is 4.72 Å². The normalized spacial score (nSPS) is 16.2. The van der Waals surface area contributed by atoms with Crippen molar-refractivity contribution in [2.75, 3.05) is 19.6 Å². The fourth-order valence-electron chi connectivity index (χ4n) is 2.85. The van der Waals surface area contributed by atoms with E-state index in [1.54, 1.807) is 19.1 Å². The number of carbonyl (C=O) groups excluding carboxylic acids is 1. The molecule has 1 aromatic rings. The number of hydrogen-bond acceptors (Lipinski definition) is 3. The van der Waals surface area contributed by atoms with Crippen LogP contribution in [-0.4, -0.2) is 38.9 Å². The molecule has 1 aromatic carbocycles. The lowest BCUT2D eigenvalue weighted by Crippen LogP contribution is -2.35. The Kier molecular flexibility index (Phi) is 6.18. The van der Waals surface area contributed by atoms with Crippen LogP contribution in [0.3, 0.4) is 0 Å². The number of amides is 1. The number of rotatable bonds is 5. The minimum Gasteiger partial charge on any atom is -0.343 e. The average molecular weight is 338 g/mol. The van der Waals surface area contributed by atoms with Crippen LogP contribution in [0.25, 0.3) is 0 Å². The van der Waals surface area contributed by atoms with E-state index in [0.29, 0.717) is 10.5 Å². The maximum absolute atomic E-state index is 12.4. The van der Waals surface area contributed by atoms with Crippen LogP contribution in [0.5, 0.6) is 0 Å². The van der Waals surface area contributed by atoms with Crippen LogP contribution in [0.15, 0.2) is 23.1 Å². The standard InChI is InChI=1S/C17H26N2O3S/c1-14-7-8-15(2)16(13-14)23(21,22)18-10-9-17(20)19-11-5-3-4-6-12-19/h7-8,13,18H,3-6,9-12H2,1-2H3. The molecule has 0 radical (unpaired) electrons. The molecule has 2 rings (SSSR count). The van der Waals surface area contributed by atoms with E-state index in [0.717, 1.165) is 31.5 Å². The number of hydrogen-bond donors (Lipinski definition) is 1. The first kappa shape index (κ1) is 17.9. The highest BCUT2D eigenvalue weighted by Gasteiger charge is 2.19. The van der Waals surface area contributed by atoms with Crippen LogP contribution < -0.4 is 4.72 Å². The van der Waals surface area contributed by atoms with Gasteiger partial charge in [-0.25, -0.2) is 13.1 Å². The number of carbonyl (C=O) groups is 1. The zero-order valence-corrected chi connectivity index (χ0v) is 14.8. The Morgan fingerprint density at radius 1 is 1.13 bits per heavy atom. The van der Waals surface area contributed by atoms with E-state index in [1.165, 1.54) is 12.8 Å². The van der Waals surface area contributed by atoms with Crippen molar-refractivity contribution < 1.29 is 13.2 Å². The number of nitrogens with zero attached hydrogens (tertiary/aromatic N) is 1. The highest BCUT2D eigenvalue weighted by atomic mass is 32.2. The molecule has 0 aromatic heterocycles. The zero-order chi connectivity index (χ0) is 16.9. The van der Waals surface area contributed by atoms with Crippen molar-refractivity contribution in [3.05, 3.63) is 29.3 Å². The van der Waals surface area contributed by atoms with Crippen molar-refractivity contribution in [2.45, 2.75) is 50.8 Å². The summed E-state index contributed by atoms with van der Waals surface area (Å²) < 4.78 is 27.3. The number of likely N-dealkylation sites (tertiary alicyclic amines) is 1. The van der Waals surface area contributed by atoms with Crippen LogP contribution in [0, 0.1) is 13.8 Å². The van der Waals surface area contributed by atoms with Gasteiger partial charge < -0.3 is 4.90 Å². The average Bonchev–Trinajstić information content (AvgIpc) is 2.78. The Morgan fingerprint density at radius 2 is 1.78 bits per heavy atom. The third-order valence-electron chi connectivity index (χ3n) is 4.22. The van der Waals surface area contributed by atoms with Crippen molar-refractivity contribution in [1.29, 1.82) is 0 Å². The molecule has 1 amide bonds. The maximum Gasteiger partial charge on any atom is 0.240 e. The van der Waals surface area contributed by atoms with E-state index in [9.17, 15) is 13.2 Å². The van der Waals surface area contributed by atoms with Crippen molar-refractivity contribution in [2.24, 2.45) is 0 Å². The molecule has 1 fully saturated rings. The van der Waals surface area contributed by atoms with Gasteiger partial charge in [-0.15, -0.1) is 0 Å². The maximum atomic E-state index is 12.4. The molecule has 1 saturated heterocycles. The Bertz CT molecular complexity index is 648. The summed E-state index contributed by atoms with van der Waals surface area (Å²) in [4.78, 5) is 14.3. The highest BCUT2D eigenvalue weighted by Crippen LogP contribution is 2.16. The molecule has 6 heteroatoms. The van der Waals surface area contributed by atoms with Gasteiger partial charge in [0.05, 0.1) is 4.90 Å². The first-order valence-electron chi connectivity index (χ1n) is 8.25. The monoisotopic (exact) mass is 338 g/mol. The molecular formula is C17H26N2O3S. The zero-order valence-electron chi connectivity index (χ0n) is 14.0. The van der Waals surface area contributed by atoms with Crippen molar-refractivity contribution >= 4 is 15.9 Å². The van der Waals surface area contributed by atoms with Gasteiger partial charge in [0.25, 0.3) is 0 Å². The molecule has 1 heterocycles. The third-order valence-corrected chi connectivity index (χ3v) is 5.83. The van der Waals surface area contributed by atoms with Gasteiger partial charge in [0.1, 0.15) is 0 Å². The van der Waals surface area contributed by atoms with Gasteiger partial charge in [-0.3, -0.25) is 4.79 Å². The first-order chi connectivity index (χ1) is 10.9. The van der Waals surface area contributed by atoms with Crippen molar-refractivity contribution in [3.63, 3.8) is 0 Å². The van der Waals surface area contributed by atoms with Gasteiger partial charge in [-0.2, -0.15) is 0 Å². The van der Waals surface area contributed by atoms with Gasteiger partial charge in [-0.1, -0.05) is 25.0 Å². The Labute approximate surface area is 139 Å². The second kappa shape index (κ2) is 7.93. The Hall–Kier alpha value is -1.40. The van der Waals surface area contributed by atoms with Gasteiger partial charge in [-0.05, 0) is 43.9 Å². The number of aryl methyl sites for hydroxylation is 2. The second-order valence-electron chi connectivity index (χ2n) is 6.21. The molecule has 0 unspecified atom stereocenters. The molecule has 128 valence electrons. The van der Waals surface area contributed by atoms with Crippen LogP contribution in [-0.2, 0) is 14.8 Å². The van der Waals surface area contributed by atoms with Crippen LogP contribution in [0.4, 0.5) is 0 Å². The topological polar surface area (TPSA) is 66.5 Å². The third kappa shape index (κ3) is 5.04. The molecule has 0 bridgehead atoms.